The monoisotopic (exact) mass is 328 g/mol. The molecule has 1 aromatic heterocycles. The largest absolute Gasteiger partial charge is 0.378 e. The van der Waals surface area contributed by atoms with Crippen LogP contribution in [0.3, 0.4) is 0 Å². The molecule has 2 heterocycles. The second-order valence-electron chi connectivity index (χ2n) is 6.01. The predicted octanol–water partition coefficient (Wildman–Crippen LogP) is 3.39. The molecule has 24 heavy (non-hydrogen) atoms. The highest BCUT2D eigenvalue weighted by Gasteiger charge is 2.20. The number of pyridine rings is 1. The molecule has 4 nitrogen and oxygen atoms in total. The lowest BCUT2D eigenvalue weighted by Gasteiger charge is -2.20. The van der Waals surface area contributed by atoms with Crippen molar-refractivity contribution in [3.63, 3.8) is 0 Å². The van der Waals surface area contributed by atoms with E-state index in [0.29, 0.717) is 6.42 Å². The highest BCUT2D eigenvalue weighted by atomic mass is 19.1. The van der Waals surface area contributed by atoms with E-state index in [1.54, 1.807) is 24.5 Å². The Bertz CT molecular complexity index is 655. The average Bonchev–Trinajstić information content (AvgIpc) is 3.13. The van der Waals surface area contributed by atoms with Gasteiger partial charge in [0.2, 0.25) is 5.91 Å². The molecule has 2 aromatic rings. The lowest BCUT2D eigenvalue weighted by atomic mass is 9.99. The number of halogens is 1. The Morgan fingerprint density at radius 1 is 1.21 bits per heavy atom. The van der Waals surface area contributed by atoms with Crippen molar-refractivity contribution in [2.24, 2.45) is 0 Å². The molecule has 3 rings (SSSR count). The van der Waals surface area contributed by atoms with Crippen LogP contribution in [0, 0.1) is 5.82 Å². The van der Waals surface area contributed by atoms with Crippen molar-refractivity contribution in [2.45, 2.75) is 37.8 Å². The molecular formula is C19H21FN2O2. The van der Waals surface area contributed by atoms with Crippen LogP contribution >= 0.6 is 0 Å². The summed E-state index contributed by atoms with van der Waals surface area (Å²) in [5.41, 5.74) is 1.76. The number of aromatic nitrogens is 1. The zero-order valence-corrected chi connectivity index (χ0v) is 13.5. The van der Waals surface area contributed by atoms with Gasteiger partial charge >= 0.3 is 0 Å². The van der Waals surface area contributed by atoms with Crippen molar-refractivity contribution in [3.8, 4) is 0 Å². The van der Waals surface area contributed by atoms with E-state index in [4.69, 9.17) is 4.74 Å². The van der Waals surface area contributed by atoms with E-state index in [-0.39, 0.29) is 23.9 Å². The molecule has 2 atom stereocenters. The lowest BCUT2D eigenvalue weighted by molar-refractivity contribution is -0.122. The Balaban J connectivity index is 1.70. The van der Waals surface area contributed by atoms with Crippen LogP contribution in [0.5, 0.6) is 0 Å². The van der Waals surface area contributed by atoms with Gasteiger partial charge in [0.05, 0.1) is 12.1 Å². The van der Waals surface area contributed by atoms with E-state index in [9.17, 15) is 9.18 Å². The van der Waals surface area contributed by atoms with Crippen LogP contribution in [0.4, 0.5) is 4.39 Å². The highest BCUT2D eigenvalue weighted by Crippen LogP contribution is 2.23. The SMILES string of the molecule is O=C(CC[C@@H]1CCCO1)NC(c1ccncc1)c1ccc(F)cc1. The summed E-state index contributed by atoms with van der Waals surface area (Å²) in [6, 6.07) is 9.60. The third-order valence-electron chi connectivity index (χ3n) is 4.27. The van der Waals surface area contributed by atoms with Gasteiger partial charge in [-0.15, -0.1) is 0 Å². The lowest BCUT2D eigenvalue weighted by Crippen LogP contribution is -2.30. The van der Waals surface area contributed by atoms with Gasteiger partial charge in [-0.05, 0) is 54.7 Å². The van der Waals surface area contributed by atoms with Gasteiger partial charge in [0, 0.05) is 25.4 Å². The Morgan fingerprint density at radius 3 is 2.58 bits per heavy atom. The number of nitrogens with zero attached hydrogens (tertiary/aromatic N) is 1. The molecule has 1 aliphatic rings. The minimum Gasteiger partial charge on any atom is -0.378 e. The van der Waals surface area contributed by atoms with Crippen molar-refractivity contribution >= 4 is 5.91 Å². The maximum absolute atomic E-state index is 13.2. The Kier molecular flexibility index (Phi) is 5.54. The van der Waals surface area contributed by atoms with E-state index in [2.05, 4.69) is 10.3 Å². The quantitative estimate of drug-likeness (QED) is 0.884. The van der Waals surface area contributed by atoms with Crippen LogP contribution < -0.4 is 5.32 Å². The van der Waals surface area contributed by atoms with E-state index in [0.717, 1.165) is 37.0 Å². The van der Waals surface area contributed by atoms with Gasteiger partial charge in [0.15, 0.2) is 0 Å². The Morgan fingerprint density at radius 2 is 1.92 bits per heavy atom. The summed E-state index contributed by atoms with van der Waals surface area (Å²) in [6.45, 7) is 0.793. The third kappa shape index (κ3) is 4.38. The number of hydrogen-bond acceptors (Lipinski definition) is 3. The first-order valence-corrected chi connectivity index (χ1v) is 8.29. The molecule has 126 valence electrons. The molecule has 0 radical (unpaired) electrons. The van der Waals surface area contributed by atoms with Crippen LogP contribution in [0.1, 0.15) is 42.9 Å². The van der Waals surface area contributed by atoms with Gasteiger partial charge in [-0.1, -0.05) is 12.1 Å². The number of carbonyl (C=O) groups excluding carboxylic acids is 1. The van der Waals surface area contributed by atoms with Crippen LogP contribution in [0.15, 0.2) is 48.8 Å². The second-order valence-corrected chi connectivity index (χ2v) is 6.01. The molecule has 1 unspecified atom stereocenters. The predicted molar refractivity (Wildman–Crippen MR) is 88.8 cm³/mol. The maximum Gasteiger partial charge on any atom is 0.220 e. The number of nitrogens with one attached hydrogen (secondary N) is 1. The number of hydrogen-bond donors (Lipinski definition) is 1. The van der Waals surface area contributed by atoms with E-state index in [1.165, 1.54) is 12.1 Å². The standard InChI is InChI=1S/C19H21FN2O2/c20-16-5-3-14(4-6-16)19(15-9-11-21-12-10-15)22-18(23)8-7-17-2-1-13-24-17/h3-6,9-12,17,19H,1-2,7-8,13H2,(H,22,23)/t17-,19?/m0/s1. The van der Waals surface area contributed by atoms with Gasteiger partial charge in [-0.25, -0.2) is 4.39 Å². The van der Waals surface area contributed by atoms with Gasteiger partial charge in [-0.3, -0.25) is 9.78 Å². The number of amides is 1. The summed E-state index contributed by atoms with van der Waals surface area (Å²) in [7, 11) is 0. The molecule has 1 fully saturated rings. The van der Waals surface area contributed by atoms with Crippen molar-refractivity contribution in [2.75, 3.05) is 6.61 Å². The fourth-order valence-electron chi connectivity index (χ4n) is 2.97. The van der Waals surface area contributed by atoms with E-state index < -0.39 is 0 Å². The third-order valence-corrected chi connectivity index (χ3v) is 4.27. The molecular weight excluding hydrogens is 307 g/mol. The number of rotatable bonds is 6. The van der Waals surface area contributed by atoms with Gasteiger partial charge in [0.25, 0.3) is 0 Å². The van der Waals surface area contributed by atoms with Crippen molar-refractivity contribution in [1.29, 1.82) is 0 Å². The second kappa shape index (κ2) is 8.02. The first-order chi connectivity index (χ1) is 11.7. The van der Waals surface area contributed by atoms with Crippen molar-refractivity contribution in [3.05, 3.63) is 65.7 Å². The summed E-state index contributed by atoms with van der Waals surface area (Å²) >= 11 is 0. The maximum atomic E-state index is 13.2. The number of benzene rings is 1. The summed E-state index contributed by atoms with van der Waals surface area (Å²) in [5.74, 6) is -0.325. The van der Waals surface area contributed by atoms with Crippen LogP contribution in [-0.4, -0.2) is 23.6 Å². The van der Waals surface area contributed by atoms with Crippen LogP contribution in [-0.2, 0) is 9.53 Å². The highest BCUT2D eigenvalue weighted by molar-refractivity contribution is 5.77. The molecule has 1 amide bonds. The summed E-state index contributed by atoms with van der Waals surface area (Å²) < 4.78 is 18.8. The molecule has 1 N–H and O–H groups in total. The molecule has 0 aliphatic carbocycles. The molecule has 1 aromatic carbocycles. The molecule has 1 aliphatic heterocycles. The van der Waals surface area contributed by atoms with E-state index in [1.807, 2.05) is 12.1 Å². The topological polar surface area (TPSA) is 51.2 Å². The average molecular weight is 328 g/mol. The van der Waals surface area contributed by atoms with Crippen LogP contribution in [0.2, 0.25) is 0 Å². The smallest absolute Gasteiger partial charge is 0.220 e. The molecule has 0 spiro atoms. The summed E-state index contributed by atoms with van der Waals surface area (Å²) in [4.78, 5) is 16.4. The molecule has 5 heteroatoms. The van der Waals surface area contributed by atoms with Crippen LogP contribution in [0.25, 0.3) is 0 Å². The summed E-state index contributed by atoms with van der Waals surface area (Å²) in [5, 5.41) is 3.05. The zero-order valence-electron chi connectivity index (χ0n) is 13.5. The van der Waals surface area contributed by atoms with Crippen molar-refractivity contribution < 1.29 is 13.9 Å². The molecule has 0 bridgehead atoms. The normalized spacial score (nSPS) is 18.3. The van der Waals surface area contributed by atoms with Gasteiger partial charge < -0.3 is 10.1 Å². The van der Waals surface area contributed by atoms with E-state index >= 15 is 0 Å². The van der Waals surface area contributed by atoms with Gasteiger partial charge in [-0.2, -0.15) is 0 Å². The first-order valence-electron chi connectivity index (χ1n) is 8.29. The summed E-state index contributed by atoms with van der Waals surface area (Å²) in [6.07, 6.45) is 6.82. The number of ether oxygens (including phenoxy) is 1. The fourth-order valence-corrected chi connectivity index (χ4v) is 2.97. The van der Waals surface area contributed by atoms with Crippen molar-refractivity contribution in [1.82, 2.24) is 10.3 Å². The number of carbonyl (C=O) groups is 1. The Labute approximate surface area is 141 Å². The first kappa shape index (κ1) is 16.6. The zero-order chi connectivity index (χ0) is 16.8. The molecule has 1 saturated heterocycles. The minimum absolute atomic E-state index is 0.0309. The Hall–Kier alpha value is -2.27. The fraction of sp³-hybridized carbons (Fsp3) is 0.368. The molecule has 0 saturated carbocycles. The minimum atomic E-state index is -0.314. The van der Waals surface area contributed by atoms with Gasteiger partial charge in [0.1, 0.15) is 5.82 Å².